The van der Waals surface area contributed by atoms with Crippen molar-refractivity contribution in [1.29, 1.82) is 5.26 Å². The van der Waals surface area contributed by atoms with Crippen LogP contribution in [0.5, 0.6) is 0 Å². The van der Waals surface area contributed by atoms with Crippen LogP contribution in [0, 0.1) is 11.3 Å². The number of hydrogen-bond donors (Lipinski definition) is 0. The number of nitrogens with zero attached hydrogens (tertiary/aromatic N) is 1. The van der Waals surface area contributed by atoms with Gasteiger partial charge in [0.15, 0.2) is 11.9 Å². The van der Waals surface area contributed by atoms with Gasteiger partial charge in [0.2, 0.25) is 0 Å². The second-order valence-electron chi connectivity index (χ2n) is 7.82. The van der Waals surface area contributed by atoms with Crippen LogP contribution in [0.4, 0.5) is 0 Å². The fraction of sp³-hybridized carbons (Fsp3) is 0.250. The Hall–Kier alpha value is -3.43. The predicted octanol–water partition coefficient (Wildman–Crippen LogP) is 5.18. The summed E-state index contributed by atoms with van der Waals surface area (Å²) in [7, 11) is 0. The van der Waals surface area contributed by atoms with Crippen LogP contribution in [0.3, 0.4) is 0 Å². The molecule has 0 aromatic heterocycles. The smallest absolute Gasteiger partial charge is 0.196 e. The van der Waals surface area contributed by atoms with Crippen molar-refractivity contribution in [1.82, 2.24) is 0 Å². The van der Waals surface area contributed by atoms with Crippen LogP contribution in [-0.4, -0.2) is 24.9 Å². The highest BCUT2D eigenvalue weighted by molar-refractivity contribution is 5.21. The van der Waals surface area contributed by atoms with Gasteiger partial charge in [-0.2, -0.15) is 5.26 Å². The Morgan fingerprint density at radius 3 is 1.76 bits per heavy atom. The first kappa shape index (κ1) is 22.8. The third kappa shape index (κ3) is 6.77. The summed E-state index contributed by atoms with van der Waals surface area (Å²) in [6.45, 7) is 1.54. The molecule has 0 spiro atoms. The molecule has 3 aromatic carbocycles. The van der Waals surface area contributed by atoms with Crippen LogP contribution in [0.1, 0.15) is 16.7 Å². The second kappa shape index (κ2) is 12.0. The van der Waals surface area contributed by atoms with Gasteiger partial charge in [-0.25, -0.2) is 0 Å². The molecule has 33 heavy (non-hydrogen) atoms. The lowest BCUT2D eigenvalue weighted by atomic mass is 10.0. The van der Waals surface area contributed by atoms with Gasteiger partial charge in [-0.1, -0.05) is 91.0 Å². The lowest BCUT2D eigenvalue weighted by molar-refractivity contribution is -0.151. The highest BCUT2D eigenvalue weighted by Crippen LogP contribution is 2.25. The van der Waals surface area contributed by atoms with Crippen molar-refractivity contribution < 1.29 is 18.9 Å². The summed E-state index contributed by atoms with van der Waals surface area (Å²) in [5.74, 6) is 0.223. The number of ether oxygens (including phenoxy) is 4. The third-order valence-electron chi connectivity index (χ3n) is 5.36. The summed E-state index contributed by atoms with van der Waals surface area (Å²) in [5.41, 5.74) is 3.18. The largest absolute Gasteiger partial charge is 0.475 e. The summed E-state index contributed by atoms with van der Waals surface area (Å²) >= 11 is 0. The van der Waals surface area contributed by atoms with Crippen molar-refractivity contribution in [3.63, 3.8) is 0 Å². The van der Waals surface area contributed by atoms with E-state index in [-0.39, 0.29) is 12.4 Å². The van der Waals surface area contributed by atoms with Gasteiger partial charge in [-0.15, -0.1) is 0 Å². The molecule has 168 valence electrons. The van der Waals surface area contributed by atoms with Crippen molar-refractivity contribution >= 4 is 0 Å². The van der Waals surface area contributed by atoms with Crippen LogP contribution in [0.2, 0.25) is 0 Å². The van der Waals surface area contributed by atoms with Crippen LogP contribution in [0.15, 0.2) is 103 Å². The molecule has 0 N–H and O–H groups in total. The zero-order valence-corrected chi connectivity index (χ0v) is 18.4. The molecule has 0 amide bonds. The van der Waals surface area contributed by atoms with E-state index in [9.17, 15) is 5.26 Å². The molecule has 5 heteroatoms. The summed E-state index contributed by atoms with van der Waals surface area (Å²) < 4.78 is 24.4. The van der Waals surface area contributed by atoms with Gasteiger partial charge in [0, 0.05) is 6.08 Å². The first-order valence-electron chi connectivity index (χ1n) is 11.0. The van der Waals surface area contributed by atoms with Gasteiger partial charge in [-0.05, 0) is 16.7 Å². The molecule has 5 nitrogen and oxygen atoms in total. The van der Waals surface area contributed by atoms with Crippen LogP contribution in [0.25, 0.3) is 0 Å². The Labute approximate surface area is 194 Å². The normalized spacial score (nSPS) is 19.8. The topological polar surface area (TPSA) is 60.7 Å². The average Bonchev–Trinajstić information content (AvgIpc) is 2.88. The van der Waals surface area contributed by atoms with Gasteiger partial charge in [0.05, 0.1) is 26.4 Å². The molecular formula is C28H27NO4. The zero-order valence-electron chi connectivity index (χ0n) is 18.4. The van der Waals surface area contributed by atoms with Crippen LogP contribution < -0.4 is 0 Å². The van der Waals surface area contributed by atoms with Crippen LogP contribution >= 0.6 is 0 Å². The van der Waals surface area contributed by atoms with E-state index in [1.54, 1.807) is 6.08 Å². The lowest BCUT2D eigenvalue weighted by Gasteiger charge is -2.35. The predicted molar refractivity (Wildman–Crippen MR) is 125 cm³/mol. The van der Waals surface area contributed by atoms with Crippen molar-refractivity contribution in [2.75, 3.05) is 6.61 Å². The number of rotatable bonds is 10. The third-order valence-corrected chi connectivity index (χ3v) is 5.36. The summed E-state index contributed by atoms with van der Waals surface area (Å²) in [6, 6.07) is 32.0. The van der Waals surface area contributed by atoms with Gasteiger partial charge in [0.25, 0.3) is 0 Å². The number of hydrogen-bond acceptors (Lipinski definition) is 5. The standard InChI is InChI=1S/C28H27NO4/c29-17-25-16-26(31-19-23-12-6-2-7-13-23)28(32-20-24-14-8-3-9-15-24)27(33-25)21-30-18-22-10-4-1-5-11-22/h1-16,26-28H,18-21H2/t26-,27-,28+/m1/s1. The molecule has 0 radical (unpaired) electrons. The molecule has 0 aliphatic carbocycles. The molecular weight excluding hydrogens is 414 g/mol. The van der Waals surface area contributed by atoms with Crippen molar-refractivity contribution in [2.45, 2.75) is 38.1 Å². The Balaban J connectivity index is 1.47. The minimum atomic E-state index is -0.474. The molecule has 4 rings (SSSR count). The fourth-order valence-electron chi connectivity index (χ4n) is 3.66. The maximum absolute atomic E-state index is 9.53. The average molecular weight is 442 g/mol. The molecule has 3 atom stereocenters. The second-order valence-corrected chi connectivity index (χ2v) is 7.82. The maximum Gasteiger partial charge on any atom is 0.196 e. The van der Waals surface area contributed by atoms with E-state index in [2.05, 4.69) is 6.07 Å². The molecule has 0 saturated carbocycles. The molecule has 1 heterocycles. The molecule has 3 aromatic rings. The summed E-state index contributed by atoms with van der Waals surface area (Å²) in [5, 5.41) is 9.53. The highest BCUT2D eigenvalue weighted by Gasteiger charge is 2.37. The number of nitriles is 1. The van der Waals surface area contributed by atoms with Crippen molar-refractivity contribution in [3.8, 4) is 6.07 Å². The minimum absolute atomic E-state index is 0.223. The first-order valence-corrected chi connectivity index (χ1v) is 11.0. The SMILES string of the molecule is N#CC1=C[C@@H](OCc2ccccc2)[C@H](OCc2ccccc2)[C@@H](COCc2ccccc2)O1. The molecule has 0 bridgehead atoms. The Morgan fingerprint density at radius 1 is 0.697 bits per heavy atom. The van der Waals surface area contributed by atoms with Crippen molar-refractivity contribution in [2.24, 2.45) is 0 Å². The Kier molecular flexibility index (Phi) is 8.26. The van der Waals surface area contributed by atoms with E-state index in [0.29, 0.717) is 19.8 Å². The molecule has 0 unspecified atom stereocenters. The van der Waals surface area contributed by atoms with Gasteiger partial charge in [-0.3, -0.25) is 0 Å². The van der Waals surface area contributed by atoms with E-state index < -0.39 is 18.3 Å². The fourth-order valence-corrected chi connectivity index (χ4v) is 3.66. The molecule has 1 aliphatic heterocycles. The Morgan fingerprint density at radius 2 is 1.21 bits per heavy atom. The molecule has 1 aliphatic rings. The van der Waals surface area contributed by atoms with Gasteiger partial charge >= 0.3 is 0 Å². The molecule has 0 saturated heterocycles. The van der Waals surface area contributed by atoms with Gasteiger partial charge < -0.3 is 18.9 Å². The van der Waals surface area contributed by atoms with E-state index in [1.165, 1.54) is 0 Å². The van der Waals surface area contributed by atoms with E-state index in [4.69, 9.17) is 18.9 Å². The highest BCUT2D eigenvalue weighted by atomic mass is 16.6. The summed E-state index contributed by atoms with van der Waals surface area (Å²) in [4.78, 5) is 0. The minimum Gasteiger partial charge on any atom is -0.475 e. The first-order chi connectivity index (χ1) is 16.3. The van der Waals surface area contributed by atoms with E-state index in [1.807, 2.05) is 91.0 Å². The maximum atomic E-state index is 9.53. The monoisotopic (exact) mass is 441 g/mol. The Bertz CT molecular complexity index is 1050. The van der Waals surface area contributed by atoms with Gasteiger partial charge in [0.1, 0.15) is 18.3 Å². The van der Waals surface area contributed by atoms with E-state index in [0.717, 1.165) is 16.7 Å². The van der Waals surface area contributed by atoms with Crippen molar-refractivity contribution in [3.05, 3.63) is 120 Å². The van der Waals surface area contributed by atoms with Crippen LogP contribution in [-0.2, 0) is 38.8 Å². The lowest BCUT2D eigenvalue weighted by Crippen LogP contribution is -2.47. The number of benzene rings is 3. The molecule has 0 fully saturated rings. The van der Waals surface area contributed by atoms with E-state index >= 15 is 0 Å². The summed E-state index contributed by atoms with van der Waals surface area (Å²) in [6.07, 6.45) is 0.356. The zero-order chi connectivity index (χ0) is 22.7. The number of allylic oxidation sites excluding steroid dienone is 1. The quantitative estimate of drug-likeness (QED) is 0.434.